The Morgan fingerprint density at radius 3 is 2.45 bits per heavy atom. The number of carbonyl (C=O) groups excluding carboxylic acids is 1. The van der Waals surface area contributed by atoms with Gasteiger partial charge in [-0.3, -0.25) is 4.79 Å². The molecule has 3 aromatic rings. The third kappa shape index (κ3) is 4.82. The standard InChI is InChI=1S/C26H27NO4/c1-3-30-22-11-9-19(10-12-22)25(18-7-5-4-6-8-18)27-26(28)21-15-20-16-23(29-2)13-14-24(20)31-17-21/h4-14,16,21,25H,3,15,17H2,1-2H3,(H,27,28). The van der Waals surface area contributed by atoms with Crippen molar-refractivity contribution in [2.75, 3.05) is 20.3 Å². The summed E-state index contributed by atoms with van der Waals surface area (Å²) in [7, 11) is 1.64. The van der Waals surface area contributed by atoms with Gasteiger partial charge in [0.05, 0.1) is 25.7 Å². The van der Waals surface area contributed by atoms with Crippen molar-refractivity contribution in [3.63, 3.8) is 0 Å². The number of hydrogen-bond donors (Lipinski definition) is 1. The van der Waals surface area contributed by atoms with Crippen LogP contribution in [0.3, 0.4) is 0 Å². The molecule has 4 rings (SSSR count). The van der Waals surface area contributed by atoms with Crippen molar-refractivity contribution in [2.24, 2.45) is 5.92 Å². The Balaban J connectivity index is 1.54. The molecule has 1 N–H and O–H groups in total. The van der Waals surface area contributed by atoms with E-state index in [9.17, 15) is 4.79 Å². The molecule has 31 heavy (non-hydrogen) atoms. The summed E-state index contributed by atoms with van der Waals surface area (Å²) in [6.45, 7) is 2.93. The fraction of sp³-hybridized carbons (Fsp3) is 0.269. The quantitative estimate of drug-likeness (QED) is 0.613. The molecule has 160 valence electrons. The van der Waals surface area contributed by atoms with E-state index >= 15 is 0 Å². The van der Waals surface area contributed by atoms with Gasteiger partial charge in [0.15, 0.2) is 0 Å². The molecule has 1 aliphatic rings. The number of rotatable bonds is 7. The van der Waals surface area contributed by atoms with Gasteiger partial charge in [-0.05, 0) is 60.4 Å². The molecule has 0 fully saturated rings. The van der Waals surface area contributed by atoms with Gasteiger partial charge in [-0.15, -0.1) is 0 Å². The van der Waals surface area contributed by atoms with E-state index < -0.39 is 0 Å². The van der Waals surface area contributed by atoms with E-state index in [1.54, 1.807) is 7.11 Å². The number of hydrogen-bond acceptors (Lipinski definition) is 4. The summed E-state index contributed by atoms with van der Waals surface area (Å²) in [4.78, 5) is 13.2. The van der Waals surface area contributed by atoms with E-state index in [0.717, 1.165) is 33.9 Å². The fourth-order valence-electron chi connectivity index (χ4n) is 3.85. The zero-order chi connectivity index (χ0) is 21.6. The van der Waals surface area contributed by atoms with E-state index in [1.807, 2.05) is 79.7 Å². The summed E-state index contributed by atoms with van der Waals surface area (Å²) in [5.74, 6) is 2.09. The average Bonchev–Trinajstić information content (AvgIpc) is 2.83. The number of methoxy groups -OCH3 is 1. The number of fused-ring (bicyclic) bond motifs is 1. The van der Waals surface area contributed by atoms with Gasteiger partial charge >= 0.3 is 0 Å². The summed E-state index contributed by atoms with van der Waals surface area (Å²) >= 11 is 0. The van der Waals surface area contributed by atoms with Crippen molar-refractivity contribution in [3.05, 3.63) is 89.5 Å². The normalized spacial score (nSPS) is 15.9. The Labute approximate surface area is 183 Å². The van der Waals surface area contributed by atoms with Crippen LogP contribution in [0, 0.1) is 5.92 Å². The first-order valence-corrected chi connectivity index (χ1v) is 10.6. The molecule has 0 bridgehead atoms. The minimum atomic E-state index is -0.270. The van der Waals surface area contributed by atoms with Crippen LogP contribution in [-0.4, -0.2) is 26.2 Å². The molecular weight excluding hydrogens is 390 g/mol. The molecule has 0 spiro atoms. The smallest absolute Gasteiger partial charge is 0.227 e. The van der Waals surface area contributed by atoms with Crippen LogP contribution in [0.2, 0.25) is 0 Å². The Bertz CT molecular complexity index is 1020. The lowest BCUT2D eigenvalue weighted by Gasteiger charge is -2.27. The predicted molar refractivity (Wildman–Crippen MR) is 120 cm³/mol. The molecule has 0 aliphatic carbocycles. The summed E-state index contributed by atoms with van der Waals surface area (Å²) in [5.41, 5.74) is 3.02. The van der Waals surface area contributed by atoms with Crippen molar-refractivity contribution in [3.8, 4) is 17.2 Å². The minimum absolute atomic E-state index is 0.0313. The summed E-state index contributed by atoms with van der Waals surface area (Å²) in [6.07, 6.45) is 0.614. The van der Waals surface area contributed by atoms with Crippen LogP contribution >= 0.6 is 0 Å². The second-order valence-corrected chi connectivity index (χ2v) is 7.54. The molecule has 1 aliphatic heterocycles. The molecule has 1 amide bonds. The molecule has 2 atom stereocenters. The van der Waals surface area contributed by atoms with Gasteiger partial charge < -0.3 is 19.5 Å². The van der Waals surface area contributed by atoms with Crippen molar-refractivity contribution in [2.45, 2.75) is 19.4 Å². The zero-order valence-electron chi connectivity index (χ0n) is 17.8. The number of amides is 1. The highest BCUT2D eigenvalue weighted by Gasteiger charge is 2.28. The van der Waals surface area contributed by atoms with Crippen LogP contribution in [0.5, 0.6) is 17.2 Å². The molecular formula is C26H27NO4. The highest BCUT2D eigenvalue weighted by atomic mass is 16.5. The molecule has 0 saturated heterocycles. The topological polar surface area (TPSA) is 56.8 Å². The molecule has 0 saturated carbocycles. The van der Waals surface area contributed by atoms with Crippen LogP contribution in [-0.2, 0) is 11.2 Å². The first-order valence-electron chi connectivity index (χ1n) is 10.6. The Morgan fingerprint density at radius 2 is 1.74 bits per heavy atom. The van der Waals surface area contributed by atoms with Gasteiger partial charge in [-0.25, -0.2) is 0 Å². The SMILES string of the molecule is CCOc1ccc(C(NC(=O)C2COc3ccc(OC)cc3C2)c2ccccc2)cc1. The van der Waals surface area contributed by atoms with Crippen molar-refractivity contribution >= 4 is 5.91 Å². The first kappa shape index (κ1) is 20.8. The van der Waals surface area contributed by atoms with E-state index in [0.29, 0.717) is 19.6 Å². The van der Waals surface area contributed by atoms with Gasteiger partial charge in [0.2, 0.25) is 5.91 Å². The van der Waals surface area contributed by atoms with Crippen molar-refractivity contribution in [1.29, 1.82) is 0 Å². The van der Waals surface area contributed by atoms with Crippen molar-refractivity contribution < 1.29 is 19.0 Å². The van der Waals surface area contributed by atoms with Crippen LogP contribution in [0.25, 0.3) is 0 Å². The van der Waals surface area contributed by atoms with E-state index in [-0.39, 0.29) is 17.9 Å². The van der Waals surface area contributed by atoms with Gasteiger partial charge in [0.1, 0.15) is 23.9 Å². The molecule has 1 heterocycles. The molecule has 0 aromatic heterocycles. The predicted octanol–water partition coefficient (Wildman–Crippen LogP) is 4.55. The largest absolute Gasteiger partial charge is 0.497 e. The van der Waals surface area contributed by atoms with E-state index in [1.165, 1.54) is 0 Å². The molecule has 3 aromatic carbocycles. The lowest BCUT2D eigenvalue weighted by Crippen LogP contribution is -2.39. The second kappa shape index (κ2) is 9.56. The zero-order valence-corrected chi connectivity index (χ0v) is 17.8. The average molecular weight is 418 g/mol. The number of ether oxygens (including phenoxy) is 3. The Kier molecular flexibility index (Phi) is 6.41. The van der Waals surface area contributed by atoms with Gasteiger partial charge in [-0.1, -0.05) is 42.5 Å². The maximum absolute atomic E-state index is 13.2. The van der Waals surface area contributed by atoms with Gasteiger partial charge in [0.25, 0.3) is 0 Å². The van der Waals surface area contributed by atoms with Crippen LogP contribution in [0.15, 0.2) is 72.8 Å². The number of benzene rings is 3. The minimum Gasteiger partial charge on any atom is -0.497 e. The summed E-state index contributed by atoms with van der Waals surface area (Å²) in [5, 5.41) is 3.24. The maximum Gasteiger partial charge on any atom is 0.227 e. The summed E-state index contributed by atoms with van der Waals surface area (Å²) < 4.78 is 16.7. The van der Waals surface area contributed by atoms with E-state index in [2.05, 4.69) is 5.32 Å². The molecule has 2 unspecified atom stereocenters. The molecule has 0 radical (unpaired) electrons. The third-order valence-corrected chi connectivity index (χ3v) is 5.49. The lowest BCUT2D eigenvalue weighted by atomic mass is 9.93. The van der Waals surface area contributed by atoms with Gasteiger partial charge in [0, 0.05) is 0 Å². The van der Waals surface area contributed by atoms with Crippen molar-refractivity contribution in [1.82, 2.24) is 5.32 Å². The Morgan fingerprint density at radius 1 is 1.03 bits per heavy atom. The number of nitrogens with one attached hydrogen (secondary N) is 1. The first-order chi connectivity index (χ1) is 15.2. The van der Waals surface area contributed by atoms with Crippen LogP contribution < -0.4 is 19.5 Å². The number of carbonyl (C=O) groups is 1. The highest BCUT2D eigenvalue weighted by molar-refractivity contribution is 5.80. The monoisotopic (exact) mass is 417 g/mol. The lowest BCUT2D eigenvalue weighted by molar-refractivity contribution is -0.126. The Hall–Kier alpha value is -3.47. The van der Waals surface area contributed by atoms with Crippen LogP contribution in [0.1, 0.15) is 29.7 Å². The highest BCUT2D eigenvalue weighted by Crippen LogP contribution is 2.32. The summed E-state index contributed by atoms with van der Waals surface area (Å²) in [6, 6.07) is 23.3. The second-order valence-electron chi connectivity index (χ2n) is 7.54. The van der Waals surface area contributed by atoms with E-state index in [4.69, 9.17) is 14.2 Å². The fourth-order valence-corrected chi connectivity index (χ4v) is 3.85. The van der Waals surface area contributed by atoms with Crippen LogP contribution in [0.4, 0.5) is 0 Å². The third-order valence-electron chi connectivity index (χ3n) is 5.49. The molecule has 5 nitrogen and oxygen atoms in total. The molecule has 5 heteroatoms. The van der Waals surface area contributed by atoms with Gasteiger partial charge in [-0.2, -0.15) is 0 Å². The maximum atomic E-state index is 13.2.